The monoisotopic (exact) mass is 315 g/mol. The van der Waals surface area contributed by atoms with Crippen molar-refractivity contribution in [3.8, 4) is 0 Å². The van der Waals surface area contributed by atoms with Crippen LogP contribution in [0.1, 0.15) is 23.2 Å². The molecule has 2 rings (SSSR count). The summed E-state index contributed by atoms with van der Waals surface area (Å²) < 4.78 is 6.62. The van der Waals surface area contributed by atoms with Gasteiger partial charge in [0.05, 0.1) is 19.9 Å². The number of methoxy groups -OCH3 is 1. The zero-order valence-electron chi connectivity index (χ0n) is 13.2. The normalized spacial score (nSPS) is 10.3. The molecule has 0 unspecified atom stereocenters. The lowest BCUT2D eigenvalue weighted by Gasteiger charge is -2.22. The van der Waals surface area contributed by atoms with Gasteiger partial charge >= 0.3 is 5.97 Å². The number of esters is 1. The van der Waals surface area contributed by atoms with E-state index >= 15 is 0 Å². The Labute approximate surface area is 135 Å². The van der Waals surface area contributed by atoms with E-state index in [-0.39, 0.29) is 18.3 Å². The van der Waals surface area contributed by atoms with Crippen LogP contribution in [-0.4, -0.2) is 46.5 Å². The van der Waals surface area contributed by atoms with Crippen molar-refractivity contribution in [2.45, 2.75) is 19.4 Å². The summed E-state index contributed by atoms with van der Waals surface area (Å²) in [6, 6.07) is 9.09. The van der Waals surface area contributed by atoms with Crippen molar-refractivity contribution >= 4 is 11.9 Å². The summed E-state index contributed by atoms with van der Waals surface area (Å²) in [5.74, 6) is -0.384. The summed E-state index contributed by atoms with van der Waals surface area (Å²) in [6.45, 7) is 1.70. The molecule has 23 heavy (non-hydrogen) atoms. The zero-order chi connectivity index (χ0) is 16.5. The molecule has 0 radical (unpaired) electrons. The maximum absolute atomic E-state index is 12.6. The molecule has 0 atom stereocenters. The minimum atomic E-state index is -0.314. The van der Waals surface area contributed by atoms with Gasteiger partial charge in [-0.25, -0.2) is 4.98 Å². The fourth-order valence-electron chi connectivity index (χ4n) is 2.27. The smallest absolute Gasteiger partial charge is 0.307 e. The van der Waals surface area contributed by atoms with Crippen molar-refractivity contribution in [3.05, 3.63) is 54.6 Å². The molecule has 1 aromatic heterocycles. The first-order valence-electron chi connectivity index (χ1n) is 7.57. The summed E-state index contributed by atoms with van der Waals surface area (Å²) in [4.78, 5) is 29.6. The predicted octanol–water partition coefficient (Wildman–Crippen LogP) is 1.98. The van der Waals surface area contributed by atoms with Gasteiger partial charge in [-0.05, 0) is 18.6 Å². The first-order chi connectivity index (χ1) is 11.2. The van der Waals surface area contributed by atoms with Crippen LogP contribution >= 0.6 is 0 Å². The van der Waals surface area contributed by atoms with Crippen LogP contribution in [0.3, 0.4) is 0 Å². The predicted molar refractivity (Wildman–Crippen MR) is 85.8 cm³/mol. The summed E-state index contributed by atoms with van der Waals surface area (Å²) in [5.41, 5.74) is 0.625. The average Bonchev–Trinajstić information content (AvgIpc) is 3.11. The van der Waals surface area contributed by atoms with Crippen molar-refractivity contribution < 1.29 is 14.3 Å². The molecule has 0 saturated carbocycles. The fourth-order valence-corrected chi connectivity index (χ4v) is 2.27. The maximum Gasteiger partial charge on any atom is 0.307 e. The molecule has 2 aromatic rings. The van der Waals surface area contributed by atoms with E-state index in [4.69, 9.17) is 0 Å². The average molecular weight is 315 g/mol. The highest BCUT2D eigenvalue weighted by atomic mass is 16.5. The molecule has 0 aliphatic rings. The third kappa shape index (κ3) is 5.25. The standard InChI is InChI=1S/C17H21N3O3/c1-23-16(21)8-12-20(11-5-10-19-13-9-18-14-19)17(22)15-6-3-2-4-7-15/h2-4,6-7,9,13-14H,5,8,10-12H2,1H3. The Balaban J connectivity index is 1.95. The molecule has 0 bridgehead atoms. The molecule has 1 heterocycles. The molecule has 0 aliphatic heterocycles. The van der Waals surface area contributed by atoms with Gasteiger partial charge < -0.3 is 14.2 Å². The van der Waals surface area contributed by atoms with E-state index < -0.39 is 0 Å². The van der Waals surface area contributed by atoms with Crippen molar-refractivity contribution in [2.75, 3.05) is 20.2 Å². The summed E-state index contributed by atoms with van der Waals surface area (Å²) in [6.07, 6.45) is 6.34. The molecule has 122 valence electrons. The number of carbonyl (C=O) groups excluding carboxylic acids is 2. The number of amides is 1. The Hall–Kier alpha value is -2.63. The molecular formula is C17H21N3O3. The lowest BCUT2D eigenvalue weighted by molar-refractivity contribution is -0.140. The van der Waals surface area contributed by atoms with Crippen LogP contribution in [0.2, 0.25) is 0 Å². The summed E-state index contributed by atoms with van der Waals surface area (Å²) >= 11 is 0. The summed E-state index contributed by atoms with van der Waals surface area (Å²) in [7, 11) is 1.35. The van der Waals surface area contributed by atoms with Gasteiger partial charge in [-0.3, -0.25) is 9.59 Å². The van der Waals surface area contributed by atoms with E-state index in [1.807, 2.05) is 29.0 Å². The minimum Gasteiger partial charge on any atom is -0.469 e. The Bertz CT molecular complexity index is 611. The number of hydrogen-bond donors (Lipinski definition) is 0. The molecule has 0 spiro atoms. The zero-order valence-corrected chi connectivity index (χ0v) is 13.2. The first-order valence-corrected chi connectivity index (χ1v) is 7.57. The number of nitrogens with zero attached hydrogens (tertiary/aromatic N) is 3. The second-order valence-corrected chi connectivity index (χ2v) is 5.14. The van der Waals surface area contributed by atoms with E-state index in [2.05, 4.69) is 9.72 Å². The van der Waals surface area contributed by atoms with Crippen LogP contribution in [-0.2, 0) is 16.1 Å². The van der Waals surface area contributed by atoms with E-state index in [9.17, 15) is 9.59 Å². The number of ether oxygens (including phenoxy) is 1. The third-order valence-corrected chi connectivity index (χ3v) is 3.53. The number of carbonyl (C=O) groups is 2. The summed E-state index contributed by atoms with van der Waals surface area (Å²) in [5, 5.41) is 0. The number of rotatable bonds is 8. The Kier molecular flexibility index (Phi) is 6.35. The van der Waals surface area contributed by atoms with E-state index in [1.165, 1.54) is 7.11 Å². The largest absolute Gasteiger partial charge is 0.469 e. The molecule has 0 saturated heterocycles. The Morgan fingerprint density at radius 1 is 1.22 bits per heavy atom. The molecule has 1 aromatic carbocycles. The van der Waals surface area contributed by atoms with Gasteiger partial charge in [-0.1, -0.05) is 18.2 Å². The molecule has 0 aliphatic carbocycles. The molecular weight excluding hydrogens is 294 g/mol. The van der Waals surface area contributed by atoms with Crippen LogP contribution in [0.4, 0.5) is 0 Å². The number of benzene rings is 1. The van der Waals surface area contributed by atoms with Crippen LogP contribution in [0.5, 0.6) is 0 Å². The molecule has 1 amide bonds. The van der Waals surface area contributed by atoms with Crippen molar-refractivity contribution in [1.82, 2.24) is 14.5 Å². The second kappa shape index (κ2) is 8.73. The molecule has 0 fully saturated rings. The Morgan fingerprint density at radius 2 is 2.00 bits per heavy atom. The van der Waals surface area contributed by atoms with E-state index in [0.717, 1.165) is 13.0 Å². The van der Waals surface area contributed by atoms with Gasteiger partial charge in [0.1, 0.15) is 0 Å². The van der Waals surface area contributed by atoms with E-state index in [1.54, 1.807) is 29.6 Å². The quantitative estimate of drug-likeness (QED) is 0.699. The fraction of sp³-hybridized carbons (Fsp3) is 0.353. The van der Waals surface area contributed by atoms with Crippen LogP contribution < -0.4 is 0 Å². The van der Waals surface area contributed by atoms with Gasteiger partial charge in [0, 0.05) is 37.6 Å². The third-order valence-electron chi connectivity index (χ3n) is 3.53. The number of aromatic nitrogens is 2. The van der Waals surface area contributed by atoms with Crippen molar-refractivity contribution in [2.24, 2.45) is 0 Å². The molecule has 0 N–H and O–H groups in total. The van der Waals surface area contributed by atoms with Gasteiger partial charge in [0.15, 0.2) is 0 Å². The highest BCUT2D eigenvalue weighted by Gasteiger charge is 2.16. The minimum absolute atomic E-state index is 0.0693. The highest BCUT2D eigenvalue weighted by Crippen LogP contribution is 2.07. The van der Waals surface area contributed by atoms with Crippen molar-refractivity contribution in [3.63, 3.8) is 0 Å². The lowest BCUT2D eigenvalue weighted by atomic mass is 10.2. The second-order valence-electron chi connectivity index (χ2n) is 5.14. The van der Waals surface area contributed by atoms with Crippen molar-refractivity contribution in [1.29, 1.82) is 0 Å². The van der Waals surface area contributed by atoms with Gasteiger partial charge in [0.25, 0.3) is 5.91 Å². The number of imidazole rings is 1. The van der Waals surface area contributed by atoms with Gasteiger partial charge in [0.2, 0.25) is 0 Å². The number of aryl methyl sites for hydroxylation is 1. The molecule has 6 nitrogen and oxygen atoms in total. The first kappa shape index (κ1) is 16.7. The van der Waals surface area contributed by atoms with Crippen LogP contribution in [0.15, 0.2) is 49.1 Å². The Morgan fingerprint density at radius 3 is 2.65 bits per heavy atom. The van der Waals surface area contributed by atoms with E-state index in [0.29, 0.717) is 18.7 Å². The SMILES string of the molecule is COC(=O)CCN(CCCn1ccnc1)C(=O)c1ccccc1. The van der Waals surface area contributed by atoms with Gasteiger partial charge in [-0.15, -0.1) is 0 Å². The van der Waals surface area contributed by atoms with Gasteiger partial charge in [-0.2, -0.15) is 0 Å². The molecule has 6 heteroatoms. The maximum atomic E-state index is 12.6. The highest BCUT2D eigenvalue weighted by molar-refractivity contribution is 5.94. The topological polar surface area (TPSA) is 64.4 Å². The van der Waals surface area contributed by atoms with Crippen LogP contribution in [0, 0.1) is 0 Å². The van der Waals surface area contributed by atoms with Crippen LogP contribution in [0.25, 0.3) is 0 Å². The number of hydrogen-bond acceptors (Lipinski definition) is 4. The lowest BCUT2D eigenvalue weighted by Crippen LogP contribution is -2.34.